The van der Waals surface area contributed by atoms with Crippen LogP contribution in [0.4, 0.5) is 5.69 Å². The molecule has 1 aromatic carbocycles. The van der Waals surface area contributed by atoms with E-state index in [1.807, 2.05) is 24.3 Å². The second-order valence-corrected chi connectivity index (χ2v) is 5.06. The quantitative estimate of drug-likeness (QED) is 0.879. The SMILES string of the molecule is COc1cccc([C@H](Nc2cncc(Br)c2)C(N)=O)c1. The first-order chi connectivity index (χ1) is 9.60. The molecule has 0 unspecified atom stereocenters. The van der Waals surface area contributed by atoms with Gasteiger partial charge in [-0.05, 0) is 39.7 Å². The normalized spacial score (nSPS) is 11.7. The molecule has 1 aromatic heterocycles. The first kappa shape index (κ1) is 14.3. The largest absolute Gasteiger partial charge is 0.497 e. The van der Waals surface area contributed by atoms with Crippen LogP contribution in [0.25, 0.3) is 0 Å². The molecule has 1 atom stereocenters. The van der Waals surface area contributed by atoms with Gasteiger partial charge < -0.3 is 15.8 Å². The number of halogens is 1. The molecule has 2 rings (SSSR count). The van der Waals surface area contributed by atoms with Gasteiger partial charge in [-0.1, -0.05) is 12.1 Å². The van der Waals surface area contributed by atoms with Crippen molar-refractivity contribution in [3.05, 3.63) is 52.8 Å². The van der Waals surface area contributed by atoms with Crippen LogP contribution in [0, 0.1) is 0 Å². The molecular formula is C14H14BrN3O2. The number of benzene rings is 1. The Balaban J connectivity index is 2.29. The summed E-state index contributed by atoms with van der Waals surface area (Å²) < 4.78 is 5.97. The second kappa shape index (κ2) is 6.38. The molecule has 0 radical (unpaired) electrons. The number of pyridine rings is 1. The van der Waals surface area contributed by atoms with E-state index in [0.29, 0.717) is 11.4 Å². The van der Waals surface area contributed by atoms with Gasteiger partial charge in [0.2, 0.25) is 5.91 Å². The predicted molar refractivity (Wildman–Crippen MR) is 80.5 cm³/mol. The van der Waals surface area contributed by atoms with Crippen molar-refractivity contribution < 1.29 is 9.53 Å². The third-order valence-electron chi connectivity index (χ3n) is 2.73. The molecule has 6 heteroatoms. The van der Waals surface area contributed by atoms with Crippen molar-refractivity contribution in [3.63, 3.8) is 0 Å². The molecule has 0 spiro atoms. The number of nitrogens with one attached hydrogen (secondary N) is 1. The fourth-order valence-corrected chi connectivity index (χ4v) is 2.16. The number of ether oxygens (including phenoxy) is 1. The summed E-state index contributed by atoms with van der Waals surface area (Å²) >= 11 is 3.33. The monoisotopic (exact) mass is 335 g/mol. The minimum atomic E-state index is -0.652. The van der Waals surface area contributed by atoms with Gasteiger partial charge >= 0.3 is 0 Å². The second-order valence-electron chi connectivity index (χ2n) is 4.15. The van der Waals surface area contributed by atoms with E-state index in [-0.39, 0.29) is 0 Å². The van der Waals surface area contributed by atoms with Gasteiger partial charge in [0.25, 0.3) is 0 Å². The number of primary amides is 1. The maximum absolute atomic E-state index is 11.7. The Morgan fingerprint density at radius 3 is 2.85 bits per heavy atom. The average molecular weight is 336 g/mol. The van der Waals surface area contributed by atoms with Crippen molar-refractivity contribution in [2.75, 3.05) is 12.4 Å². The molecule has 0 saturated carbocycles. The number of methoxy groups -OCH3 is 1. The maximum Gasteiger partial charge on any atom is 0.244 e. The van der Waals surface area contributed by atoms with Crippen molar-refractivity contribution in [2.24, 2.45) is 5.73 Å². The van der Waals surface area contributed by atoms with Crippen LogP contribution in [0.5, 0.6) is 5.75 Å². The first-order valence-electron chi connectivity index (χ1n) is 5.90. The fourth-order valence-electron chi connectivity index (χ4n) is 1.80. The molecule has 0 aliphatic carbocycles. The summed E-state index contributed by atoms with van der Waals surface area (Å²) in [6.45, 7) is 0. The minimum Gasteiger partial charge on any atom is -0.497 e. The number of hydrogen-bond acceptors (Lipinski definition) is 4. The zero-order valence-corrected chi connectivity index (χ0v) is 12.4. The zero-order valence-electron chi connectivity index (χ0n) is 10.8. The van der Waals surface area contributed by atoms with Crippen LogP contribution in [0.3, 0.4) is 0 Å². The van der Waals surface area contributed by atoms with Gasteiger partial charge in [0, 0.05) is 10.7 Å². The average Bonchev–Trinajstić information content (AvgIpc) is 2.44. The molecule has 2 aromatic rings. The van der Waals surface area contributed by atoms with E-state index >= 15 is 0 Å². The van der Waals surface area contributed by atoms with Gasteiger partial charge in [0.05, 0.1) is 19.0 Å². The van der Waals surface area contributed by atoms with Gasteiger partial charge in [-0.2, -0.15) is 0 Å². The number of hydrogen-bond donors (Lipinski definition) is 2. The summed E-state index contributed by atoms with van der Waals surface area (Å²) in [4.78, 5) is 15.7. The number of aromatic nitrogens is 1. The number of nitrogens with two attached hydrogens (primary N) is 1. The predicted octanol–water partition coefficient (Wildman–Crippen LogP) is 2.49. The lowest BCUT2D eigenvalue weighted by Gasteiger charge is -2.17. The van der Waals surface area contributed by atoms with E-state index < -0.39 is 11.9 Å². The Morgan fingerprint density at radius 2 is 2.20 bits per heavy atom. The maximum atomic E-state index is 11.7. The molecule has 0 aliphatic heterocycles. The Bertz CT molecular complexity index is 619. The zero-order chi connectivity index (χ0) is 14.5. The van der Waals surface area contributed by atoms with Crippen LogP contribution in [-0.2, 0) is 4.79 Å². The first-order valence-corrected chi connectivity index (χ1v) is 6.70. The smallest absolute Gasteiger partial charge is 0.244 e. The third kappa shape index (κ3) is 3.48. The van der Waals surface area contributed by atoms with Gasteiger partial charge in [-0.3, -0.25) is 9.78 Å². The minimum absolute atomic E-state index is 0.474. The van der Waals surface area contributed by atoms with E-state index in [2.05, 4.69) is 26.2 Å². The third-order valence-corrected chi connectivity index (χ3v) is 3.16. The number of carbonyl (C=O) groups is 1. The summed E-state index contributed by atoms with van der Waals surface area (Å²) in [5.41, 5.74) is 6.90. The number of anilines is 1. The number of carbonyl (C=O) groups excluding carboxylic acids is 1. The lowest BCUT2D eigenvalue weighted by atomic mass is 10.1. The van der Waals surface area contributed by atoms with Crippen LogP contribution in [-0.4, -0.2) is 18.0 Å². The summed E-state index contributed by atoms with van der Waals surface area (Å²) in [7, 11) is 1.57. The van der Waals surface area contributed by atoms with Gasteiger partial charge in [-0.15, -0.1) is 0 Å². The molecule has 3 N–H and O–H groups in total. The number of rotatable bonds is 5. The molecule has 5 nitrogen and oxygen atoms in total. The van der Waals surface area contributed by atoms with E-state index in [1.54, 1.807) is 25.6 Å². The van der Waals surface area contributed by atoms with E-state index in [4.69, 9.17) is 10.5 Å². The van der Waals surface area contributed by atoms with Gasteiger partial charge in [0.15, 0.2) is 0 Å². The van der Waals surface area contributed by atoms with Crippen LogP contribution < -0.4 is 15.8 Å². The highest BCUT2D eigenvalue weighted by atomic mass is 79.9. The highest BCUT2D eigenvalue weighted by Crippen LogP contribution is 2.24. The van der Waals surface area contributed by atoms with Crippen LogP contribution in [0.2, 0.25) is 0 Å². The molecule has 104 valence electrons. The highest BCUT2D eigenvalue weighted by Gasteiger charge is 2.18. The van der Waals surface area contributed by atoms with Crippen molar-refractivity contribution in [1.82, 2.24) is 4.98 Å². The topological polar surface area (TPSA) is 77.2 Å². The number of amides is 1. The standard InChI is InChI=1S/C14H14BrN3O2/c1-20-12-4-2-3-9(5-12)13(14(16)19)18-11-6-10(15)7-17-8-11/h2-8,13,18H,1H3,(H2,16,19)/t13-/m0/s1. The van der Waals surface area contributed by atoms with E-state index in [9.17, 15) is 4.79 Å². The Hall–Kier alpha value is -2.08. The molecule has 0 bridgehead atoms. The molecule has 0 fully saturated rings. The van der Waals surface area contributed by atoms with Gasteiger partial charge in [-0.25, -0.2) is 0 Å². The lowest BCUT2D eigenvalue weighted by molar-refractivity contribution is -0.118. The summed E-state index contributed by atoms with van der Waals surface area (Å²) in [6, 6.07) is 8.38. The van der Waals surface area contributed by atoms with Crippen molar-refractivity contribution >= 4 is 27.5 Å². The van der Waals surface area contributed by atoms with Crippen LogP contribution in [0.1, 0.15) is 11.6 Å². The van der Waals surface area contributed by atoms with Crippen LogP contribution >= 0.6 is 15.9 Å². The number of nitrogens with zero attached hydrogens (tertiary/aromatic N) is 1. The van der Waals surface area contributed by atoms with E-state index in [1.165, 1.54) is 0 Å². The van der Waals surface area contributed by atoms with Crippen molar-refractivity contribution in [3.8, 4) is 5.75 Å². The summed E-state index contributed by atoms with van der Waals surface area (Å²) in [6.07, 6.45) is 3.29. The summed E-state index contributed by atoms with van der Waals surface area (Å²) in [5.74, 6) is 0.196. The molecule has 1 heterocycles. The Labute approximate surface area is 125 Å². The highest BCUT2D eigenvalue weighted by molar-refractivity contribution is 9.10. The molecule has 0 aliphatic rings. The van der Waals surface area contributed by atoms with Crippen molar-refractivity contribution in [2.45, 2.75) is 6.04 Å². The molecular weight excluding hydrogens is 322 g/mol. The lowest BCUT2D eigenvalue weighted by Crippen LogP contribution is -2.27. The molecule has 1 amide bonds. The van der Waals surface area contributed by atoms with Crippen LogP contribution in [0.15, 0.2) is 47.2 Å². The summed E-state index contributed by atoms with van der Waals surface area (Å²) in [5, 5.41) is 3.06. The fraction of sp³-hybridized carbons (Fsp3) is 0.143. The molecule has 20 heavy (non-hydrogen) atoms. The Morgan fingerprint density at radius 1 is 1.40 bits per heavy atom. The van der Waals surface area contributed by atoms with E-state index in [0.717, 1.165) is 10.0 Å². The molecule has 0 saturated heterocycles. The van der Waals surface area contributed by atoms with Crippen molar-refractivity contribution in [1.29, 1.82) is 0 Å². The van der Waals surface area contributed by atoms with Gasteiger partial charge in [0.1, 0.15) is 11.8 Å². The Kier molecular flexibility index (Phi) is 4.57.